The van der Waals surface area contributed by atoms with Crippen LogP contribution in [0.2, 0.25) is 0 Å². The van der Waals surface area contributed by atoms with Gasteiger partial charge >= 0.3 is 0 Å². The molecule has 0 fully saturated rings. The molecule has 5 nitrogen and oxygen atoms in total. The summed E-state index contributed by atoms with van der Waals surface area (Å²) in [7, 11) is 1.58. The summed E-state index contributed by atoms with van der Waals surface area (Å²) in [5.41, 5.74) is 5.59. The van der Waals surface area contributed by atoms with Crippen LogP contribution in [-0.2, 0) is 4.74 Å². The van der Waals surface area contributed by atoms with Gasteiger partial charge < -0.3 is 20.5 Å². The Labute approximate surface area is 87.4 Å². The number of aromatic nitrogens is 1. The average molecular weight is 217 g/mol. The molecule has 0 aliphatic rings. The summed E-state index contributed by atoms with van der Waals surface area (Å²) in [6.45, 7) is 4.08. The van der Waals surface area contributed by atoms with Crippen molar-refractivity contribution < 1.29 is 9.47 Å². The molecule has 0 radical (unpaired) electrons. The van der Waals surface area contributed by atoms with Gasteiger partial charge in [-0.2, -0.15) is 4.37 Å². The Hall–Kier alpha value is -1.01. The zero-order chi connectivity index (χ0) is 10.4. The molecular weight excluding hydrogens is 202 g/mol. The van der Waals surface area contributed by atoms with E-state index in [0.717, 1.165) is 18.2 Å². The Morgan fingerprint density at radius 2 is 2.36 bits per heavy atom. The van der Waals surface area contributed by atoms with Gasteiger partial charge in [0.15, 0.2) is 16.6 Å². The van der Waals surface area contributed by atoms with Gasteiger partial charge in [0, 0.05) is 13.2 Å². The molecular formula is C8H15N3O2S. The van der Waals surface area contributed by atoms with Gasteiger partial charge in [-0.25, -0.2) is 0 Å². The molecule has 80 valence electrons. The van der Waals surface area contributed by atoms with E-state index in [-0.39, 0.29) is 0 Å². The lowest BCUT2D eigenvalue weighted by molar-refractivity contribution is 0.158. The number of nitrogens with one attached hydrogen (secondary N) is 1. The van der Waals surface area contributed by atoms with Crippen LogP contribution in [0.25, 0.3) is 0 Å². The summed E-state index contributed by atoms with van der Waals surface area (Å²) >= 11 is 1.29. The summed E-state index contributed by atoms with van der Waals surface area (Å²) < 4.78 is 14.3. The lowest BCUT2D eigenvalue weighted by atomic mass is 10.5. The summed E-state index contributed by atoms with van der Waals surface area (Å²) in [5, 5.41) is 4.00. The Morgan fingerprint density at radius 3 is 3.00 bits per heavy atom. The van der Waals surface area contributed by atoms with Gasteiger partial charge in [0.2, 0.25) is 0 Å². The fourth-order valence-electron chi connectivity index (χ4n) is 0.985. The minimum Gasteiger partial charge on any atom is -0.490 e. The van der Waals surface area contributed by atoms with Gasteiger partial charge in [-0.05, 0) is 18.5 Å². The van der Waals surface area contributed by atoms with Gasteiger partial charge in [0.05, 0.1) is 13.7 Å². The third-order valence-corrected chi connectivity index (χ3v) is 2.41. The second kappa shape index (κ2) is 5.66. The van der Waals surface area contributed by atoms with E-state index in [1.165, 1.54) is 11.5 Å². The highest BCUT2D eigenvalue weighted by Crippen LogP contribution is 2.34. The Morgan fingerprint density at radius 1 is 1.57 bits per heavy atom. The van der Waals surface area contributed by atoms with Crippen LogP contribution in [0.1, 0.15) is 6.92 Å². The molecule has 0 unspecified atom stereocenters. The number of nitrogen functional groups attached to an aromatic ring is 1. The Bertz CT molecular complexity index is 278. The highest BCUT2D eigenvalue weighted by molar-refractivity contribution is 7.11. The van der Waals surface area contributed by atoms with Gasteiger partial charge in [0.1, 0.15) is 0 Å². The van der Waals surface area contributed by atoms with Crippen molar-refractivity contribution in [2.24, 2.45) is 0 Å². The van der Waals surface area contributed by atoms with Crippen LogP contribution >= 0.6 is 11.5 Å². The van der Waals surface area contributed by atoms with Crippen molar-refractivity contribution in [3.63, 3.8) is 0 Å². The number of ether oxygens (including phenoxy) is 2. The van der Waals surface area contributed by atoms with E-state index < -0.39 is 0 Å². The van der Waals surface area contributed by atoms with Crippen molar-refractivity contribution in [3.05, 3.63) is 0 Å². The molecule has 1 heterocycles. The van der Waals surface area contributed by atoms with Crippen molar-refractivity contribution in [1.29, 1.82) is 0 Å². The molecule has 1 aromatic heterocycles. The van der Waals surface area contributed by atoms with Gasteiger partial charge in [0.25, 0.3) is 0 Å². The van der Waals surface area contributed by atoms with Crippen molar-refractivity contribution in [1.82, 2.24) is 4.37 Å². The SMILES string of the molecule is CCOCCNc1snc(N)c1OC. The normalized spacial score (nSPS) is 10.1. The average Bonchev–Trinajstić information content (AvgIpc) is 2.54. The standard InChI is InChI=1S/C8H15N3O2S/c1-3-13-5-4-10-8-6(12-2)7(9)11-14-8/h10H,3-5H2,1-2H3,(H2,9,11). The summed E-state index contributed by atoms with van der Waals surface area (Å²) in [6.07, 6.45) is 0. The first-order valence-corrected chi connectivity index (χ1v) is 5.17. The largest absolute Gasteiger partial charge is 0.490 e. The van der Waals surface area contributed by atoms with E-state index >= 15 is 0 Å². The quantitative estimate of drug-likeness (QED) is 0.700. The van der Waals surface area contributed by atoms with Crippen LogP contribution in [0.5, 0.6) is 5.75 Å². The molecule has 0 aliphatic carbocycles. The number of anilines is 2. The fraction of sp³-hybridized carbons (Fsp3) is 0.625. The second-order valence-corrected chi connectivity index (χ2v) is 3.33. The van der Waals surface area contributed by atoms with E-state index in [0.29, 0.717) is 18.2 Å². The number of nitrogens with zero attached hydrogens (tertiary/aromatic N) is 1. The topological polar surface area (TPSA) is 69.4 Å². The number of methoxy groups -OCH3 is 1. The van der Waals surface area contributed by atoms with Crippen molar-refractivity contribution in [3.8, 4) is 5.75 Å². The van der Waals surface area contributed by atoms with Gasteiger partial charge in [-0.15, -0.1) is 0 Å². The molecule has 0 spiro atoms. The van der Waals surface area contributed by atoms with E-state index in [9.17, 15) is 0 Å². The van der Waals surface area contributed by atoms with Crippen molar-refractivity contribution in [2.45, 2.75) is 6.92 Å². The first kappa shape index (κ1) is 11.1. The molecule has 0 atom stereocenters. The smallest absolute Gasteiger partial charge is 0.197 e. The predicted molar refractivity (Wildman–Crippen MR) is 58.1 cm³/mol. The van der Waals surface area contributed by atoms with E-state index in [2.05, 4.69) is 9.69 Å². The second-order valence-electron chi connectivity index (χ2n) is 2.55. The lowest BCUT2D eigenvalue weighted by Gasteiger charge is -2.05. The predicted octanol–water partition coefficient (Wildman–Crippen LogP) is 1.18. The zero-order valence-electron chi connectivity index (χ0n) is 8.37. The van der Waals surface area contributed by atoms with Crippen molar-refractivity contribution in [2.75, 3.05) is 37.9 Å². The molecule has 0 aliphatic heterocycles. The molecule has 0 saturated heterocycles. The number of rotatable bonds is 6. The minimum atomic E-state index is 0.427. The fourth-order valence-corrected chi connectivity index (χ4v) is 1.69. The molecule has 1 rings (SSSR count). The van der Waals surface area contributed by atoms with E-state index in [4.69, 9.17) is 15.2 Å². The van der Waals surface area contributed by atoms with Crippen LogP contribution < -0.4 is 15.8 Å². The van der Waals surface area contributed by atoms with Crippen molar-refractivity contribution >= 4 is 22.4 Å². The molecule has 0 saturated carbocycles. The van der Waals surface area contributed by atoms with Crippen LogP contribution in [-0.4, -0.2) is 31.2 Å². The molecule has 0 amide bonds. The van der Waals surface area contributed by atoms with E-state index in [1.54, 1.807) is 7.11 Å². The monoisotopic (exact) mass is 217 g/mol. The number of hydrogen-bond donors (Lipinski definition) is 2. The lowest BCUT2D eigenvalue weighted by Crippen LogP contribution is -2.08. The zero-order valence-corrected chi connectivity index (χ0v) is 9.19. The summed E-state index contributed by atoms with van der Waals surface area (Å²) in [6, 6.07) is 0. The highest BCUT2D eigenvalue weighted by atomic mass is 32.1. The molecule has 6 heteroatoms. The van der Waals surface area contributed by atoms with Crippen LogP contribution in [0.4, 0.5) is 10.8 Å². The molecule has 1 aromatic rings. The molecule has 3 N–H and O–H groups in total. The summed E-state index contributed by atoms with van der Waals surface area (Å²) in [5.74, 6) is 1.04. The molecule has 0 bridgehead atoms. The van der Waals surface area contributed by atoms with Gasteiger partial charge in [-0.1, -0.05) is 0 Å². The Balaban J connectivity index is 2.42. The Kier molecular flexibility index (Phi) is 4.48. The highest BCUT2D eigenvalue weighted by Gasteiger charge is 2.10. The maximum absolute atomic E-state index is 5.59. The third kappa shape index (κ3) is 2.74. The summed E-state index contributed by atoms with van der Waals surface area (Å²) in [4.78, 5) is 0. The number of nitrogens with two attached hydrogens (primary N) is 1. The van der Waals surface area contributed by atoms with Crippen LogP contribution in [0.15, 0.2) is 0 Å². The minimum absolute atomic E-state index is 0.427. The molecule has 14 heavy (non-hydrogen) atoms. The maximum atomic E-state index is 5.59. The van der Waals surface area contributed by atoms with Gasteiger partial charge in [-0.3, -0.25) is 0 Å². The third-order valence-electron chi connectivity index (χ3n) is 1.61. The van der Waals surface area contributed by atoms with Crippen LogP contribution in [0, 0.1) is 0 Å². The maximum Gasteiger partial charge on any atom is 0.197 e. The first-order chi connectivity index (χ1) is 6.79. The molecule has 0 aromatic carbocycles. The number of hydrogen-bond acceptors (Lipinski definition) is 6. The van der Waals surface area contributed by atoms with Crippen LogP contribution in [0.3, 0.4) is 0 Å². The first-order valence-electron chi connectivity index (χ1n) is 4.40. The van der Waals surface area contributed by atoms with E-state index in [1.807, 2.05) is 6.92 Å².